The first kappa shape index (κ1) is 9.09. The van der Waals surface area contributed by atoms with E-state index in [4.69, 9.17) is 5.84 Å². The Morgan fingerprint density at radius 2 is 2.17 bits per heavy atom. The lowest BCUT2D eigenvalue weighted by molar-refractivity contribution is 0.507. The number of hydrogen-bond donors (Lipinski definition) is 2. The minimum atomic E-state index is 0.177. The Balaban J connectivity index is 2.66. The van der Waals surface area contributed by atoms with E-state index in [-0.39, 0.29) is 6.04 Å². The third-order valence-corrected chi connectivity index (χ3v) is 1.76. The Morgan fingerprint density at radius 1 is 1.50 bits per heavy atom. The predicted molar refractivity (Wildman–Crippen MR) is 47.0 cm³/mol. The summed E-state index contributed by atoms with van der Waals surface area (Å²) in [5, 5.41) is 0. The van der Waals surface area contributed by atoms with Gasteiger partial charge in [0.15, 0.2) is 0 Å². The molecule has 1 rings (SSSR count). The van der Waals surface area contributed by atoms with E-state index >= 15 is 0 Å². The van der Waals surface area contributed by atoms with E-state index in [0.717, 1.165) is 18.4 Å². The summed E-state index contributed by atoms with van der Waals surface area (Å²) in [5.41, 5.74) is 3.78. The third-order valence-electron chi connectivity index (χ3n) is 1.76. The first-order chi connectivity index (χ1) is 5.88. The molecule has 0 spiro atoms. The van der Waals surface area contributed by atoms with Gasteiger partial charge in [0.2, 0.25) is 0 Å². The highest BCUT2D eigenvalue weighted by molar-refractivity contribution is 5.08. The fourth-order valence-corrected chi connectivity index (χ4v) is 1.13. The maximum atomic E-state index is 5.39. The molecule has 0 amide bonds. The summed E-state index contributed by atoms with van der Waals surface area (Å²) >= 11 is 0. The first-order valence-corrected chi connectivity index (χ1v) is 4.09. The average Bonchev–Trinajstić information content (AvgIpc) is 2.15. The van der Waals surface area contributed by atoms with Crippen molar-refractivity contribution < 1.29 is 0 Å². The fraction of sp³-hybridized carbons (Fsp3) is 0.500. The van der Waals surface area contributed by atoms with Gasteiger partial charge in [0, 0.05) is 24.0 Å². The minimum absolute atomic E-state index is 0.177. The maximum Gasteiger partial charge on any atom is 0.115 e. The van der Waals surface area contributed by atoms with E-state index in [9.17, 15) is 0 Å². The van der Waals surface area contributed by atoms with E-state index in [1.807, 2.05) is 0 Å². The lowest BCUT2D eigenvalue weighted by atomic mass is 10.1. The number of nitrogens with two attached hydrogens (primary N) is 1. The number of hydrogen-bond acceptors (Lipinski definition) is 4. The van der Waals surface area contributed by atoms with Crippen molar-refractivity contribution in [3.63, 3.8) is 0 Å². The second-order valence-electron chi connectivity index (χ2n) is 2.68. The SMILES string of the molecule is CCCC(NN)c1cncnc1. The second kappa shape index (κ2) is 4.79. The molecule has 0 aliphatic rings. The average molecular weight is 166 g/mol. The normalized spacial score (nSPS) is 12.8. The molecule has 1 unspecified atom stereocenters. The van der Waals surface area contributed by atoms with Gasteiger partial charge < -0.3 is 0 Å². The molecule has 0 aromatic carbocycles. The number of hydrazine groups is 1. The molecule has 66 valence electrons. The number of aromatic nitrogens is 2. The van der Waals surface area contributed by atoms with Crippen LogP contribution < -0.4 is 11.3 Å². The Bertz CT molecular complexity index is 212. The molecule has 1 heterocycles. The summed E-state index contributed by atoms with van der Waals surface area (Å²) in [6.07, 6.45) is 7.18. The smallest absolute Gasteiger partial charge is 0.115 e. The lowest BCUT2D eigenvalue weighted by Crippen LogP contribution is -2.28. The molecule has 4 nitrogen and oxygen atoms in total. The predicted octanol–water partition coefficient (Wildman–Crippen LogP) is 0.781. The zero-order chi connectivity index (χ0) is 8.81. The molecule has 0 radical (unpaired) electrons. The topological polar surface area (TPSA) is 63.8 Å². The van der Waals surface area contributed by atoms with Gasteiger partial charge in [0.25, 0.3) is 0 Å². The van der Waals surface area contributed by atoms with Gasteiger partial charge in [0.1, 0.15) is 6.33 Å². The molecule has 12 heavy (non-hydrogen) atoms. The van der Waals surface area contributed by atoms with E-state index < -0.39 is 0 Å². The lowest BCUT2D eigenvalue weighted by Gasteiger charge is -2.13. The molecular formula is C8H14N4. The molecule has 1 aromatic heterocycles. The van der Waals surface area contributed by atoms with Crippen LogP contribution >= 0.6 is 0 Å². The molecule has 0 aliphatic heterocycles. The van der Waals surface area contributed by atoms with Crippen LogP contribution in [0.25, 0.3) is 0 Å². The van der Waals surface area contributed by atoms with Crippen LogP contribution in [-0.4, -0.2) is 9.97 Å². The molecule has 1 aromatic rings. The highest BCUT2D eigenvalue weighted by Gasteiger charge is 2.07. The summed E-state index contributed by atoms with van der Waals surface area (Å²) in [4.78, 5) is 7.86. The van der Waals surface area contributed by atoms with Crippen LogP contribution in [0.15, 0.2) is 18.7 Å². The van der Waals surface area contributed by atoms with Crippen LogP contribution in [0.4, 0.5) is 0 Å². The standard InChI is InChI=1S/C8H14N4/c1-2-3-8(12-9)7-4-10-6-11-5-7/h4-6,8,12H,2-3,9H2,1H3. The van der Waals surface area contributed by atoms with Gasteiger partial charge in [-0.25, -0.2) is 9.97 Å². The van der Waals surface area contributed by atoms with Gasteiger partial charge >= 0.3 is 0 Å². The van der Waals surface area contributed by atoms with Crippen molar-refractivity contribution in [1.82, 2.24) is 15.4 Å². The molecule has 1 atom stereocenters. The zero-order valence-electron chi connectivity index (χ0n) is 7.20. The van der Waals surface area contributed by atoms with Crippen molar-refractivity contribution in [3.8, 4) is 0 Å². The highest BCUT2D eigenvalue weighted by Crippen LogP contribution is 2.14. The van der Waals surface area contributed by atoms with Crippen molar-refractivity contribution in [2.75, 3.05) is 0 Å². The minimum Gasteiger partial charge on any atom is -0.271 e. The van der Waals surface area contributed by atoms with Gasteiger partial charge in [-0.1, -0.05) is 13.3 Å². The molecule has 0 aliphatic carbocycles. The van der Waals surface area contributed by atoms with Crippen LogP contribution in [0.3, 0.4) is 0 Å². The Morgan fingerprint density at radius 3 is 2.67 bits per heavy atom. The maximum absolute atomic E-state index is 5.39. The molecule has 4 heteroatoms. The fourth-order valence-electron chi connectivity index (χ4n) is 1.13. The van der Waals surface area contributed by atoms with Crippen LogP contribution in [-0.2, 0) is 0 Å². The van der Waals surface area contributed by atoms with Crippen LogP contribution in [0.1, 0.15) is 31.4 Å². The number of nitrogens with zero attached hydrogens (tertiary/aromatic N) is 2. The number of rotatable bonds is 4. The van der Waals surface area contributed by atoms with Crippen molar-refractivity contribution >= 4 is 0 Å². The summed E-state index contributed by atoms with van der Waals surface area (Å²) in [5.74, 6) is 5.39. The van der Waals surface area contributed by atoms with Gasteiger partial charge in [-0.3, -0.25) is 11.3 Å². The highest BCUT2D eigenvalue weighted by atomic mass is 15.2. The van der Waals surface area contributed by atoms with Gasteiger partial charge in [0.05, 0.1) is 0 Å². The Hall–Kier alpha value is -1.00. The van der Waals surface area contributed by atoms with Crippen LogP contribution in [0.5, 0.6) is 0 Å². The van der Waals surface area contributed by atoms with Gasteiger partial charge in [-0.2, -0.15) is 0 Å². The molecular weight excluding hydrogens is 152 g/mol. The second-order valence-corrected chi connectivity index (χ2v) is 2.68. The van der Waals surface area contributed by atoms with Crippen LogP contribution in [0, 0.1) is 0 Å². The van der Waals surface area contributed by atoms with E-state index in [2.05, 4.69) is 22.3 Å². The summed E-state index contributed by atoms with van der Waals surface area (Å²) in [7, 11) is 0. The summed E-state index contributed by atoms with van der Waals surface area (Å²) in [6, 6.07) is 0.177. The molecule has 0 saturated heterocycles. The van der Waals surface area contributed by atoms with Crippen LogP contribution in [0.2, 0.25) is 0 Å². The quantitative estimate of drug-likeness (QED) is 0.512. The van der Waals surface area contributed by atoms with Gasteiger partial charge in [-0.05, 0) is 6.42 Å². The van der Waals surface area contributed by atoms with E-state index in [1.54, 1.807) is 12.4 Å². The largest absolute Gasteiger partial charge is 0.271 e. The molecule has 0 fully saturated rings. The summed E-state index contributed by atoms with van der Waals surface area (Å²) in [6.45, 7) is 2.12. The molecule has 0 saturated carbocycles. The van der Waals surface area contributed by atoms with Crippen molar-refractivity contribution in [3.05, 3.63) is 24.3 Å². The Labute approximate surface area is 72.2 Å². The zero-order valence-corrected chi connectivity index (χ0v) is 7.20. The van der Waals surface area contributed by atoms with Crippen molar-refractivity contribution in [1.29, 1.82) is 0 Å². The first-order valence-electron chi connectivity index (χ1n) is 4.09. The molecule has 0 bridgehead atoms. The van der Waals surface area contributed by atoms with Crippen molar-refractivity contribution in [2.24, 2.45) is 5.84 Å². The van der Waals surface area contributed by atoms with Gasteiger partial charge in [-0.15, -0.1) is 0 Å². The van der Waals surface area contributed by atoms with E-state index in [1.165, 1.54) is 6.33 Å². The number of nitrogens with one attached hydrogen (secondary N) is 1. The third kappa shape index (κ3) is 2.25. The monoisotopic (exact) mass is 166 g/mol. The molecule has 3 N–H and O–H groups in total. The van der Waals surface area contributed by atoms with E-state index in [0.29, 0.717) is 0 Å². The van der Waals surface area contributed by atoms with Crippen molar-refractivity contribution in [2.45, 2.75) is 25.8 Å². The Kier molecular flexibility index (Phi) is 3.63. The summed E-state index contributed by atoms with van der Waals surface area (Å²) < 4.78 is 0.